The summed E-state index contributed by atoms with van der Waals surface area (Å²) in [6.45, 7) is 0. The Labute approximate surface area is 170 Å². The average molecular weight is 391 g/mol. The Morgan fingerprint density at radius 1 is 1.14 bits per heavy atom. The van der Waals surface area contributed by atoms with Gasteiger partial charge < -0.3 is 10.1 Å². The lowest BCUT2D eigenvalue weighted by Crippen LogP contribution is -2.23. The molecule has 1 aliphatic carbocycles. The summed E-state index contributed by atoms with van der Waals surface area (Å²) in [6.07, 6.45) is 7.09. The van der Waals surface area contributed by atoms with Gasteiger partial charge in [-0.1, -0.05) is 50.3 Å². The van der Waals surface area contributed by atoms with E-state index < -0.39 is 0 Å². The number of hydrogen-bond acceptors (Lipinski definition) is 4. The summed E-state index contributed by atoms with van der Waals surface area (Å²) in [5.41, 5.74) is 5.69. The van der Waals surface area contributed by atoms with E-state index in [1.807, 2.05) is 18.2 Å². The first-order chi connectivity index (χ1) is 14.2. The van der Waals surface area contributed by atoms with E-state index in [1.54, 1.807) is 31.4 Å². The molecule has 0 saturated heterocycles. The number of nitrogens with one attached hydrogen (secondary N) is 2. The lowest BCUT2D eigenvalue weighted by atomic mass is 9.84. The van der Waals surface area contributed by atoms with Gasteiger partial charge in [-0.05, 0) is 36.6 Å². The second-order valence-corrected chi connectivity index (χ2v) is 7.60. The molecule has 4 rings (SSSR count). The van der Waals surface area contributed by atoms with Crippen molar-refractivity contribution < 1.29 is 14.3 Å². The van der Waals surface area contributed by atoms with Crippen LogP contribution in [-0.2, 0) is 11.2 Å². The highest BCUT2D eigenvalue weighted by Crippen LogP contribution is 2.38. The van der Waals surface area contributed by atoms with Gasteiger partial charge in [0.15, 0.2) is 5.71 Å². The summed E-state index contributed by atoms with van der Waals surface area (Å²) in [4.78, 5) is 24.9. The van der Waals surface area contributed by atoms with Crippen molar-refractivity contribution in [2.45, 2.75) is 38.5 Å². The molecule has 0 unspecified atom stereocenters. The van der Waals surface area contributed by atoms with E-state index in [9.17, 15) is 9.59 Å². The molecule has 2 amide bonds. The molecule has 2 aromatic carbocycles. The second-order valence-electron chi connectivity index (χ2n) is 7.60. The highest BCUT2D eigenvalue weighted by atomic mass is 16.5. The van der Waals surface area contributed by atoms with E-state index in [1.165, 1.54) is 32.1 Å². The smallest absolute Gasteiger partial charge is 0.276 e. The summed E-state index contributed by atoms with van der Waals surface area (Å²) in [7, 11) is 1.65. The van der Waals surface area contributed by atoms with Crippen LogP contribution in [0.1, 0.15) is 53.6 Å². The molecule has 1 fully saturated rings. The number of carbonyl (C=O) groups excluding carboxylic acids is 2. The van der Waals surface area contributed by atoms with Gasteiger partial charge in [0.25, 0.3) is 11.8 Å². The van der Waals surface area contributed by atoms with Gasteiger partial charge in [0.2, 0.25) is 0 Å². The molecule has 0 bridgehead atoms. The number of amides is 2. The minimum Gasteiger partial charge on any atom is -0.496 e. The molecule has 150 valence electrons. The molecule has 0 spiro atoms. The zero-order valence-electron chi connectivity index (χ0n) is 16.5. The molecule has 0 aromatic heterocycles. The molecular weight excluding hydrogens is 366 g/mol. The predicted molar refractivity (Wildman–Crippen MR) is 112 cm³/mol. The van der Waals surface area contributed by atoms with Crippen LogP contribution in [0.3, 0.4) is 0 Å². The Bertz CT molecular complexity index is 947. The van der Waals surface area contributed by atoms with Crippen molar-refractivity contribution in [1.82, 2.24) is 5.43 Å². The van der Waals surface area contributed by atoms with E-state index in [0.29, 0.717) is 17.0 Å². The Balaban J connectivity index is 1.61. The van der Waals surface area contributed by atoms with E-state index in [4.69, 9.17) is 4.74 Å². The Hall–Kier alpha value is -3.15. The standard InChI is InChI=1S/C23H25N3O3/c1-29-19-13-12-17-20(18(19)14-15-8-4-2-5-9-15)24-23(28)21(17)25-26-22(27)16-10-6-3-7-11-16/h3,6-7,10-13,15H,2,4-5,8-9,14H2,1H3,(H,26,27)(H,24,25,28). The fourth-order valence-corrected chi connectivity index (χ4v) is 4.21. The number of rotatable bonds is 5. The molecule has 1 saturated carbocycles. The van der Waals surface area contributed by atoms with Crippen molar-refractivity contribution in [3.8, 4) is 5.75 Å². The molecule has 2 N–H and O–H groups in total. The fourth-order valence-electron chi connectivity index (χ4n) is 4.21. The molecule has 2 aromatic rings. The highest BCUT2D eigenvalue weighted by Gasteiger charge is 2.31. The van der Waals surface area contributed by atoms with Crippen molar-refractivity contribution in [3.63, 3.8) is 0 Å². The minimum atomic E-state index is -0.352. The summed E-state index contributed by atoms with van der Waals surface area (Å²) < 4.78 is 5.58. The van der Waals surface area contributed by atoms with Crippen molar-refractivity contribution >= 4 is 23.2 Å². The van der Waals surface area contributed by atoms with E-state index in [-0.39, 0.29) is 17.5 Å². The van der Waals surface area contributed by atoms with Crippen molar-refractivity contribution in [3.05, 3.63) is 59.2 Å². The van der Waals surface area contributed by atoms with Gasteiger partial charge in [-0.15, -0.1) is 0 Å². The normalized spacial score (nSPS) is 17.7. The molecule has 1 heterocycles. The van der Waals surface area contributed by atoms with Gasteiger partial charge in [-0.25, -0.2) is 5.43 Å². The van der Waals surface area contributed by atoms with Crippen molar-refractivity contribution in [1.29, 1.82) is 0 Å². The number of fused-ring (bicyclic) bond motifs is 1. The van der Waals surface area contributed by atoms with E-state index >= 15 is 0 Å². The van der Waals surface area contributed by atoms with Crippen molar-refractivity contribution in [2.24, 2.45) is 11.0 Å². The maximum atomic E-state index is 12.6. The third-order valence-corrected chi connectivity index (χ3v) is 5.72. The van der Waals surface area contributed by atoms with Crippen LogP contribution < -0.4 is 15.5 Å². The van der Waals surface area contributed by atoms with Gasteiger partial charge in [-0.2, -0.15) is 5.10 Å². The molecule has 6 nitrogen and oxygen atoms in total. The van der Waals surface area contributed by atoms with Crippen LogP contribution in [0, 0.1) is 5.92 Å². The van der Waals surface area contributed by atoms with E-state index in [0.717, 1.165) is 23.4 Å². The number of methoxy groups -OCH3 is 1. The first kappa shape index (κ1) is 19.2. The van der Waals surface area contributed by atoms with E-state index in [2.05, 4.69) is 15.8 Å². The number of hydrazone groups is 1. The first-order valence-corrected chi connectivity index (χ1v) is 10.1. The maximum absolute atomic E-state index is 12.6. The Morgan fingerprint density at radius 3 is 2.62 bits per heavy atom. The van der Waals surface area contributed by atoms with Crippen LogP contribution in [0.4, 0.5) is 5.69 Å². The summed E-state index contributed by atoms with van der Waals surface area (Å²) in [5, 5.41) is 7.07. The zero-order valence-corrected chi connectivity index (χ0v) is 16.5. The largest absolute Gasteiger partial charge is 0.496 e. The third-order valence-electron chi connectivity index (χ3n) is 5.72. The Morgan fingerprint density at radius 2 is 1.90 bits per heavy atom. The molecule has 2 aliphatic rings. The first-order valence-electron chi connectivity index (χ1n) is 10.1. The lowest BCUT2D eigenvalue weighted by Gasteiger charge is -2.23. The summed E-state index contributed by atoms with van der Waals surface area (Å²) >= 11 is 0. The number of benzene rings is 2. The van der Waals surface area contributed by atoms with Crippen molar-refractivity contribution in [2.75, 3.05) is 12.4 Å². The fraction of sp³-hybridized carbons (Fsp3) is 0.348. The van der Waals surface area contributed by atoms with Gasteiger partial charge in [0, 0.05) is 16.7 Å². The second kappa shape index (κ2) is 8.47. The number of hydrogen-bond donors (Lipinski definition) is 2. The van der Waals surface area contributed by atoms with Crippen LogP contribution >= 0.6 is 0 Å². The summed E-state index contributed by atoms with van der Waals surface area (Å²) in [5.74, 6) is 0.714. The zero-order chi connectivity index (χ0) is 20.2. The van der Waals surface area contributed by atoms with Crippen LogP contribution in [-0.4, -0.2) is 24.6 Å². The molecular formula is C23H25N3O3. The predicted octanol–water partition coefficient (Wildman–Crippen LogP) is 3.90. The Kier molecular flexibility index (Phi) is 5.60. The molecule has 6 heteroatoms. The molecule has 29 heavy (non-hydrogen) atoms. The monoisotopic (exact) mass is 391 g/mol. The molecule has 1 aliphatic heterocycles. The molecule has 0 radical (unpaired) electrons. The van der Waals surface area contributed by atoms with Gasteiger partial charge in [0.05, 0.1) is 12.8 Å². The SMILES string of the molecule is COc1ccc2c(c1CC1CCCCC1)NC(=O)/C2=N\NC(=O)c1ccccc1. The van der Waals surface area contributed by atoms with Crippen LogP contribution in [0.15, 0.2) is 47.6 Å². The van der Waals surface area contributed by atoms with Gasteiger partial charge >= 0.3 is 0 Å². The quantitative estimate of drug-likeness (QED) is 0.759. The number of anilines is 1. The lowest BCUT2D eigenvalue weighted by molar-refractivity contribution is -0.110. The molecule has 0 atom stereocenters. The van der Waals surface area contributed by atoms with Gasteiger partial charge in [0.1, 0.15) is 5.75 Å². The van der Waals surface area contributed by atoms with Gasteiger partial charge in [-0.3, -0.25) is 9.59 Å². The third kappa shape index (κ3) is 4.01. The minimum absolute atomic E-state index is 0.219. The number of ether oxygens (including phenoxy) is 1. The van der Waals surface area contributed by atoms with Crippen LogP contribution in [0.2, 0.25) is 0 Å². The maximum Gasteiger partial charge on any atom is 0.276 e. The van der Waals surface area contributed by atoms with Crippen LogP contribution in [0.25, 0.3) is 0 Å². The highest BCUT2D eigenvalue weighted by molar-refractivity contribution is 6.54. The average Bonchev–Trinajstić information content (AvgIpc) is 3.09. The number of carbonyl (C=O) groups is 2. The summed E-state index contributed by atoms with van der Waals surface area (Å²) in [6, 6.07) is 12.5. The number of nitrogens with zero attached hydrogens (tertiary/aromatic N) is 1. The van der Waals surface area contributed by atoms with Crippen LogP contribution in [0.5, 0.6) is 5.75 Å². The topological polar surface area (TPSA) is 79.8 Å².